The number of nitrogens with one attached hydrogen (secondary N) is 2. The second kappa shape index (κ2) is 13.7. The maximum atomic E-state index is 12.3. The molecule has 2 atom stereocenters. The molecule has 0 aliphatic heterocycles. The molecule has 0 spiro atoms. The number of carbonyl (C=O) groups excluding carboxylic acids is 4. The normalized spacial score (nSPS) is 12.2. The minimum absolute atomic E-state index is 0.0802. The number of ether oxygens (including phenoxy) is 2. The zero-order chi connectivity index (χ0) is 24.1. The van der Waals surface area contributed by atoms with E-state index in [0.29, 0.717) is 12.8 Å². The minimum atomic E-state index is -0.787. The lowest BCUT2D eigenvalue weighted by Gasteiger charge is -2.19. The van der Waals surface area contributed by atoms with Crippen molar-refractivity contribution in [2.45, 2.75) is 58.4 Å². The zero-order valence-electron chi connectivity index (χ0n) is 18.9. The predicted molar refractivity (Wildman–Crippen MR) is 122 cm³/mol. The summed E-state index contributed by atoms with van der Waals surface area (Å²) < 4.78 is 10.4. The summed E-state index contributed by atoms with van der Waals surface area (Å²) in [4.78, 5) is 47.4. The van der Waals surface area contributed by atoms with Crippen molar-refractivity contribution in [1.82, 2.24) is 10.6 Å². The Bertz CT molecular complexity index is 842. The molecule has 2 amide bonds. The summed E-state index contributed by atoms with van der Waals surface area (Å²) in [7, 11) is 0. The minimum Gasteiger partial charge on any atom is -0.442 e. The Labute approximate surface area is 193 Å². The molecule has 0 aliphatic rings. The predicted octanol–water partition coefficient (Wildman–Crippen LogP) is 2.65. The molecule has 8 nitrogen and oxygen atoms in total. The summed E-state index contributed by atoms with van der Waals surface area (Å²) in [6.45, 7) is 2.56. The van der Waals surface area contributed by atoms with E-state index in [9.17, 15) is 19.2 Å². The van der Waals surface area contributed by atoms with Gasteiger partial charge in [0.2, 0.25) is 11.8 Å². The van der Waals surface area contributed by atoms with E-state index in [1.54, 1.807) is 0 Å². The monoisotopic (exact) mass is 454 g/mol. The second-order valence-corrected chi connectivity index (χ2v) is 7.56. The lowest BCUT2D eigenvalue weighted by atomic mass is 10.1. The van der Waals surface area contributed by atoms with Crippen molar-refractivity contribution >= 4 is 23.8 Å². The van der Waals surface area contributed by atoms with Gasteiger partial charge in [0.15, 0.2) is 12.5 Å². The summed E-state index contributed by atoms with van der Waals surface area (Å²) in [5.74, 6) is -1.65. The van der Waals surface area contributed by atoms with Gasteiger partial charge in [-0.15, -0.1) is 0 Å². The van der Waals surface area contributed by atoms with E-state index in [1.165, 1.54) is 13.8 Å². The summed E-state index contributed by atoms with van der Waals surface area (Å²) in [5.41, 5.74) is 1.83. The van der Waals surface area contributed by atoms with Crippen LogP contribution in [0.5, 0.6) is 0 Å². The molecule has 0 heterocycles. The van der Waals surface area contributed by atoms with Crippen molar-refractivity contribution in [3.05, 3.63) is 71.8 Å². The van der Waals surface area contributed by atoms with Crippen LogP contribution in [0.1, 0.15) is 44.2 Å². The van der Waals surface area contributed by atoms with Crippen LogP contribution in [0.25, 0.3) is 0 Å². The quantitative estimate of drug-likeness (QED) is 0.377. The van der Waals surface area contributed by atoms with Crippen molar-refractivity contribution in [2.24, 2.45) is 0 Å². The highest BCUT2D eigenvalue weighted by atomic mass is 16.6. The van der Waals surface area contributed by atoms with Gasteiger partial charge in [0.25, 0.3) is 0 Å². The van der Waals surface area contributed by atoms with Gasteiger partial charge in [0.1, 0.15) is 0 Å². The molecule has 0 saturated carbocycles. The van der Waals surface area contributed by atoms with Gasteiger partial charge < -0.3 is 20.1 Å². The molecule has 2 aromatic carbocycles. The summed E-state index contributed by atoms with van der Waals surface area (Å²) in [6, 6.07) is 18.7. The molecular weight excluding hydrogens is 424 g/mol. The van der Waals surface area contributed by atoms with Crippen LogP contribution in [-0.4, -0.2) is 36.2 Å². The molecule has 0 saturated heterocycles. The fraction of sp³-hybridized carbons (Fsp3) is 0.360. The molecule has 0 aromatic heterocycles. The van der Waals surface area contributed by atoms with E-state index in [-0.39, 0.29) is 31.1 Å². The molecule has 2 aromatic rings. The lowest BCUT2D eigenvalue weighted by Crippen LogP contribution is -2.40. The number of hydrogen-bond acceptors (Lipinski definition) is 6. The average Bonchev–Trinajstić information content (AvgIpc) is 2.74. The molecule has 176 valence electrons. The van der Waals surface area contributed by atoms with E-state index in [1.807, 2.05) is 60.7 Å². The first-order chi connectivity index (χ1) is 15.8. The molecule has 0 aliphatic carbocycles. The largest absolute Gasteiger partial charge is 0.442 e. The maximum absolute atomic E-state index is 12.3. The standard InChI is InChI=1S/C25H30N2O6/c1-18(28)32-24(16-20-10-5-3-6-11-20)26-22(30)14-9-15-23(31)27-25(33-19(2)29)17-21-12-7-4-8-13-21/h3-8,10-13,24-25H,9,14-17H2,1-2H3,(H,26,30)(H,27,31). The Morgan fingerprint density at radius 1 is 0.667 bits per heavy atom. The first kappa shape index (κ1) is 25.6. The molecule has 33 heavy (non-hydrogen) atoms. The third-order valence-electron chi connectivity index (χ3n) is 4.60. The van der Waals surface area contributed by atoms with Crippen LogP contribution in [0.3, 0.4) is 0 Å². The van der Waals surface area contributed by atoms with E-state index in [4.69, 9.17) is 9.47 Å². The lowest BCUT2D eigenvalue weighted by molar-refractivity contribution is -0.150. The molecular formula is C25H30N2O6. The van der Waals surface area contributed by atoms with Crippen LogP contribution >= 0.6 is 0 Å². The number of carbonyl (C=O) groups is 4. The summed E-state index contributed by atoms with van der Waals surface area (Å²) in [6.07, 6.45) is -0.440. The molecule has 2 unspecified atom stereocenters. The van der Waals surface area contributed by atoms with E-state index in [0.717, 1.165) is 11.1 Å². The van der Waals surface area contributed by atoms with E-state index in [2.05, 4.69) is 10.6 Å². The summed E-state index contributed by atoms with van der Waals surface area (Å²) in [5, 5.41) is 5.37. The van der Waals surface area contributed by atoms with Gasteiger partial charge in [-0.1, -0.05) is 60.7 Å². The Hall–Kier alpha value is -3.68. The van der Waals surface area contributed by atoms with Crippen LogP contribution in [0.2, 0.25) is 0 Å². The van der Waals surface area contributed by atoms with Crippen LogP contribution in [0, 0.1) is 0 Å². The molecule has 2 N–H and O–H groups in total. The molecule has 0 bridgehead atoms. The molecule has 8 heteroatoms. The van der Waals surface area contributed by atoms with Crippen molar-refractivity contribution in [3.63, 3.8) is 0 Å². The average molecular weight is 455 g/mol. The van der Waals surface area contributed by atoms with Crippen molar-refractivity contribution in [1.29, 1.82) is 0 Å². The number of hydrogen-bond donors (Lipinski definition) is 2. The molecule has 0 radical (unpaired) electrons. The topological polar surface area (TPSA) is 111 Å². The van der Waals surface area contributed by atoms with E-state index < -0.39 is 24.4 Å². The van der Waals surface area contributed by atoms with Gasteiger partial charge >= 0.3 is 11.9 Å². The van der Waals surface area contributed by atoms with E-state index >= 15 is 0 Å². The van der Waals surface area contributed by atoms with Crippen LogP contribution in [0.4, 0.5) is 0 Å². The highest BCUT2D eigenvalue weighted by Gasteiger charge is 2.18. The SMILES string of the molecule is CC(=O)OC(Cc1ccccc1)NC(=O)CCCC(=O)NC(Cc1ccccc1)OC(C)=O. The smallest absolute Gasteiger partial charge is 0.304 e. The number of rotatable bonds is 12. The van der Waals surface area contributed by atoms with Crippen LogP contribution in [0.15, 0.2) is 60.7 Å². The first-order valence-electron chi connectivity index (χ1n) is 10.8. The van der Waals surface area contributed by atoms with Gasteiger partial charge in [-0.2, -0.15) is 0 Å². The van der Waals surface area contributed by atoms with Crippen LogP contribution < -0.4 is 10.6 Å². The van der Waals surface area contributed by atoms with Crippen molar-refractivity contribution in [2.75, 3.05) is 0 Å². The van der Waals surface area contributed by atoms with Gasteiger partial charge in [-0.25, -0.2) is 0 Å². The number of amides is 2. The summed E-state index contributed by atoms with van der Waals surface area (Å²) >= 11 is 0. The van der Waals surface area contributed by atoms with Crippen LogP contribution in [-0.2, 0) is 41.5 Å². The number of benzene rings is 2. The van der Waals surface area contributed by atoms with Gasteiger partial charge in [-0.05, 0) is 17.5 Å². The molecule has 2 rings (SSSR count). The maximum Gasteiger partial charge on any atom is 0.304 e. The van der Waals surface area contributed by atoms with Crippen molar-refractivity contribution in [3.8, 4) is 0 Å². The van der Waals surface area contributed by atoms with Gasteiger partial charge in [-0.3, -0.25) is 19.2 Å². The highest BCUT2D eigenvalue weighted by molar-refractivity contribution is 5.79. The third-order valence-corrected chi connectivity index (χ3v) is 4.60. The fourth-order valence-corrected chi connectivity index (χ4v) is 3.21. The first-order valence-corrected chi connectivity index (χ1v) is 10.8. The van der Waals surface area contributed by atoms with Gasteiger partial charge in [0.05, 0.1) is 0 Å². The second-order valence-electron chi connectivity index (χ2n) is 7.56. The third kappa shape index (κ3) is 11.0. The Balaban J connectivity index is 1.80. The number of esters is 2. The Morgan fingerprint density at radius 2 is 1.03 bits per heavy atom. The Morgan fingerprint density at radius 3 is 1.36 bits per heavy atom. The van der Waals surface area contributed by atoms with Gasteiger partial charge in [0, 0.05) is 39.5 Å². The Kier molecular flexibility index (Phi) is 10.6. The highest BCUT2D eigenvalue weighted by Crippen LogP contribution is 2.08. The van der Waals surface area contributed by atoms with Crippen molar-refractivity contribution < 1.29 is 28.7 Å². The zero-order valence-corrected chi connectivity index (χ0v) is 18.9. The molecule has 0 fully saturated rings. The fourth-order valence-electron chi connectivity index (χ4n) is 3.21.